The van der Waals surface area contributed by atoms with E-state index >= 15 is 0 Å². The number of carbonyl (C=O) groups is 2. The Morgan fingerprint density at radius 2 is 1.03 bits per heavy atom. The van der Waals surface area contributed by atoms with E-state index in [1.165, 1.54) is 12.4 Å². The first-order chi connectivity index (χ1) is 18.3. The number of carbonyl (C=O) groups excluding carboxylic acids is 2. The van der Waals surface area contributed by atoms with Gasteiger partial charge in [-0.15, -0.1) is 0 Å². The van der Waals surface area contributed by atoms with Gasteiger partial charge in [-0.3, -0.25) is 9.59 Å². The van der Waals surface area contributed by atoms with Crippen molar-refractivity contribution < 1.29 is 19.1 Å². The number of hydrogen-bond acceptors (Lipinski definition) is 6. The third-order valence-corrected chi connectivity index (χ3v) is 5.54. The molecule has 0 saturated carbocycles. The zero-order chi connectivity index (χ0) is 27.3. The molecule has 38 heavy (non-hydrogen) atoms. The SMILES string of the molecule is CC(C)c1ccccc1OCC(=O)N/N=C/c1ccc(/C=N/NC(=O)COc2ccccc2C(C)C)cc1. The molecule has 0 fully saturated rings. The zero-order valence-electron chi connectivity index (χ0n) is 22.2. The average Bonchev–Trinajstić information content (AvgIpc) is 2.92. The molecule has 3 aromatic rings. The van der Waals surface area contributed by atoms with Crippen LogP contribution in [-0.4, -0.2) is 37.5 Å². The highest BCUT2D eigenvalue weighted by Gasteiger charge is 2.10. The maximum Gasteiger partial charge on any atom is 0.277 e. The Hall–Kier alpha value is -4.46. The van der Waals surface area contributed by atoms with E-state index in [0.717, 1.165) is 22.3 Å². The second kappa shape index (κ2) is 14.3. The third-order valence-electron chi connectivity index (χ3n) is 5.54. The van der Waals surface area contributed by atoms with E-state index in [1.807, 2.05) is 72.8 Å². The second-order valence-corrected chi connectivity index (χ2v) is 9.22. The van der Waals surface area contributed by atoms with Crippen LogP contribution in [0.25, 0.3) is 0 Å². The van der Waals surface area contributed by atoms with Crippen molar-refractivity contribution in [2.45, 2.75) is 39.5 Å². The Balaban J connectivity index is 1.40. The van der Waals surface area contributed by atoms with E-state index in [1.54, 1.807) is 0 Å². The van der Waals surface area contributed by atoms with Crippen LogP contribution < -0.4 is 20.3 Å². The summed E-state index contributed by atoms with van der Waals surface area (Å²) in [7, 11) is 0. The second-order valence-electron chi connectivity index (χ2n) is 9.22. The normalized spacial score (nSPS) is 11.3. The molecule has 198 valence electrons. The molecule has 0 heterocycles. The summed E-state index contributed by atoms with van der Waals surface area (Å²) in [5.41, 5.74) is 8.60. The first kappa shape index (κ1) is 28.1. The molecule has 8 nitrogen and oxygen atoms in total. The van der Waals surface area contributed by atoms with E-state index in [4.69, 9.17) is 9.47 Å². The highest BCUT2D eigenvalue weighted by atomic mass is 16.5. The number of nitrogens with zero attached hydrogens (tertiary/aromatic N) is 2. The molecule has 0 aliphatic heterocycles. The number of para-hydroxylation sites is 2. The fourth-order valence-electron chi connectivity index (χ4n) is 3.55. The minimum absolute atomic E-state index is 0.128. The van der Waals surface area contributed by atoms with E-state index in [-0.39, 0.29) is 25.0 Å². The molecule has 0 aliphatic rings. The highest BCUT2D eigenvalue weighted by molar-refractivity contribution is 5.86. The van der Waals surface area contributed by atoms with Crippen molar-refractivity contribution in [2.24, 2.45) is 10.2 Å². The number of benzene rings is 3. The fraction of sp³-hybridized carbons (Fsp3) is 0.267. The summed E-state index contributed by atoms with van der Waals surface area (Å²) < 4.78 is 11.3. The number of nitrogens with one attached hydrogen (secondary N) is 2. The minimum atomic E-state index is -0.351. The zero-order valence-corrected chi connectivity index (χ0v) is 22.2. The number of hydrazone groups is 2. The van der Waals surface area contributed by atoms with Crippen LogP contribution in [0.15, 0.2) is 83.0 Å². The van der Waals surface area contributed by atoms with Gasteiger partial charge in [0, 0.05) is 0 Å². The molecular formula is C30H34N4O4. The van der Waals surface area contributed by atoms with E-state index < -0.39 is 0 Å². The molecule has 0 aromatic heterocycles. The molecule has 0 bridgehead atoms. The van der Waals surface area contributed by atoms with Gasteiger partial charge in [-0.1, -0.05) is 88.4 Å². The summed E-state index contributed by atoms with van der Waals surface area (Å²) in [6.07, 6.45) is 3.07. The summed E-state index contributed by atoms with van der Waals surface area (Å²) >= 11 is 0. The smallest absolute Gasteiger partial charge is 0.277 e. The number of rotatable bonds is 12. The largest absolute Gasteiger partial charge is 0.483 e. The van der Waals surface area contributed by atoms with Crippen molar-refractivity contribution in [1.82, 2.24) is 10.9 Å². The Morgan fingerprint density at radius 1 is 0.658 bits per heavy atom. The van der Waals surface area contributed by atoms with Gasteiger partial charge in [0.2, 0.25) is 0 Å². The number of ether oxygens (including phenoxy) is 2. The Labute approximate surface area is 223 Å². The van der Waals surface area contributed by atoms with Crippen molar-refractivity contribution in [1.29, 1.82) is 0 Å². The lowest BCUT2D eigenvalue weighted by Crippen LogP contribution is -2.25. The lowest BCUT2D eigenvalue weighted by molar-refractivity contribution is -0.123. The van der Waals surface area contributed by atoms with Crippen molar-refractivity contribution in [3.63, 3.8) is 0 Å². The van der Waals surface area contributed by atoms with Gasteiger partial charge in [-0.05, 0) is 46.2 Å². The Bertz CT molecular complexity index is 1170. The quantitative estimate of drug-likeness (QED) is 0.263. The van der Waals surface area contributed by atoms with Crippen molar-refractivity contribution >= 4 is 24.2 Å². The molecule has 0 unspecified atom stereocenters. The van der Waals surface area contributed by atoms with Crippen LogP contribution in [0.1, 0.15) is 61.8 Å². The van der Waals surface area contributed by atoms with Gasteiger partial charge in [-0.2, -0.15) is 10.2 Å². The predicted molar refractivity (Wildman–Crippen MR) is 150 cm³/mol. The van der Waals surface area contributed by atoms with Crippen molar-refractivity contribution in [3.05, 3.63) is 95.1 Å². The summed E-state index contributed by atoms with van der Waals surface area (Å²) in [5, 5.41) is 7.96. The molecule has 2 amide bonds. The lowest BCUT2D eigenvalue weighted by Gasteiger charge is -2.13. The van der Waals surface area contributed by atoms with Gasteiger partial charge < -0.3 is 9.47 Å². The summed E-state index contributed by atoms with van der Waals surface area (Å²) in [5.74, 6) is 1.27. The van der Waals surface area contributed by atoms with Gasteiger partial charge in [0.1, 0.15) is 11.5 Å². The summed E-state index contributed by atoms with van der Waals surface area (Å²) in [6, 6.07) is 22.6. The van der Waals surface area contributed by atoms with Crippen molar-refractivity contribution in [2.75, 3.05) is 13.2 Å². The van der Waals surface area contributed by atoms with Crippen LogP contribution in [0.4, 0.5) is 0 Å². The van der Waals surface area contributed by atoms with Gasteiger partial charge in [0.05, 0.1) is 12.4 Å². The molecule has 0 aliphatic carbocycles. The van der Waals surface area contributed by atoms with E-state index in [2.05, 4.69) is 48.7 Å². The third kappa shape index (κ3) is 8.89. The van der Waals surface area contributed by atoms with Crippen LogP contribution in [-0.2, 0) is 9.59 Å². The minimum Gasteiger partial charge on any atom is -0.483 e. The van der Waals surface area contributed by atoms with Gasteiger partial charge in [-0.25, -0.2) is 10.9 Å². The van der Waals surface area contributed by atoms with Crippen LogP contribution in [0.3, 0.4) is 0 Å². The lowest BCUT2D eigenvalue weighted by atomic mass is 10.0. The predicted octanol–water partition coefficient (Wildman–Crippen LogP) is 4.99. The Kier molecular flexibility index (Phi) is 10.6. The first-order valence-electron chi connectivity index (χ1n) is 12.5. The van der Waals surface area contributed by atoms with Gasteiger partial charge in [0.25, 0.3) is 11.8 Å². The van der Waals surface area contributed by atoms with E-state index in [0.29, 0.717) is 23.3 Å². The topological polar surface area (TPSA) is 101 Å². The van der Waals surface area contributed by atoms with Crippen molar-refractivity contribution in [3.8, 4) is 11.5 Å². The van der Waals surface area contributed by atoms with Crippen LogP contribution >= 0.6 is 0 Å². The monoisotopic (exact) mass is 514 g/mol. The number of hydrogen-bond donors (Lipinski definition) is 2. The maximum absolute atomic E-state index is 12.1. The van der Waals surface area contributed by atoms with Crippen LogP contribution in [0, 0.1) is 0 Å². The first-order valence-corrected chi connectivity index (χ1v) is 12.5. The molecule has 0 spiro atoms. The summed E-state index contributed by atoms with van der Waals surface area (Å²) in [4.78, 5) is 24.2. The maximum atomic E-state index is 12.1. The Morgan fingerprint density at radius 3 is 1.39 bits per heavy atom. The summed E-state index contributed by atoms with van der Waals surface area (Å²) in [6.45, 7) is 8.04. The highest BCUT2D eigenvalue weighted by Crippen LogP contribution is 2.26. The average molecular weight is 515 g/mol. The van der Waals surface area contributed by atoms with E-state index in [9.17, 15) is 9.59 Å². The van der Waals surface area contributed by atoms with Crippen LogP contribution in [0.2, 0.25) is 0 Å². The molecule has 0 radical (unpaired) electrons. The van der Waals surface area contributed by atoms with Gasteiger partial charge in [0.15, 0.2) is 13.2 Å². The van der Waals surface area contributed by atoms with Crippen LogP contribution in [0.5, 0.6) is 11.5 Å². The molecule has 0 saturated heterocycles. The molecule has 3 aromatic carbocycles. The standard InChI is InChI=1S/C30H34N4O4/c1-21(2)25-9-5-7-11-27(25)37-19-29(35)33-31-17-23-13-15-24(16-14-23)18-32-34-30(36)20-38-28-12-8-6-10-26(28)22(3)4/h5-18,21-22H,19-20H2,1-4H3,(H,33,35)(H,34,36)/b31-17+,32-18+. The fourth-order valence-corrected chi connectivity index (χ4v) is 3.55. The number of amides is 2. The molecule has 0 atom stereocenters. The molecule has 8 heteroatoms. The molecular weight excluding hydrogens is 480 g/mol. The molecule has 3 rings (SSSR count). The van der Waals surface area contributed by atoms with Gasteiger partial charge >= 0.3 is 0 Å². The molecule has 2 N–H and O–H groups in total.